The van der Waals surface area contributed by atoms with E-state index >= 15 is 0 Å². The van der Waals surface area contributed by atoms with Crippen LogP contribution in [0, 0.1) is 5.41 Å². The van der Waals surface area contributed by atoms with E-state index in [-0.39, 0.29) is 12.1 Å². The summed E-state index contributed by atoms with van der Waals surface area (Å²) in [5, 5.41) is 11.6. The number of nitrogens with zero attached hydrogens (tertiary/aromatic N) is 1. The quantitative estimate of drug-likeness (QED) is 0.639. The Labute approximate surface area is 137 Å². The lowest BCUT2D eigenvalue weighted by molar-refractivity contribution is -0.145. The van der Waals surface area contributed by atoms with Gasteiger partial charge in [0.15, 0.2) is 0 Å². The van der Waals surface area contributed by atoms with Gasteiger partial charge in [-0.1, -0.05) is 11.6 Å². The predicted octanol–water partition coefficient (Wildman–Crippen LogP) is -0.0273. The second-order valence-electron chi connectivity index (χ2n) is 5.73. The van der Waals surface area contributed by atoms with Crippen LogP contribution in [0.2, 0.25) is 5.02 Å². The molecule has 8 nitrogen and oxygen atoms in total. The van der Waals surface area contributed by atoms with E-state index in [9.17, 15) is 19.2 Å². The molecule has 126 valence electrons. The maximum absolute atomic E-state index is 12.3. The third kappa shape index (κ3) is 5.41. The smallest absolute Gasteiger partial charge is 0.326 e. The Morgan fingerprint density at radius 1 is 1.39 bits per heavy atom. The molecule has 0 saturated carbocycles. The summed E-state index contributed by atoms with van der Waals surface area (Å²) in [6.45, 7) is 3.07. The molecule has 0 aliphatic carbocycles. The Balaban J connectivity index is 2.91. The predicted molar refractivity (Wildman–Crippen MR) is 82.9 cm³/mol. The van der Waals surface area contributed by atoms with Crippen LogP contribution in [-0.2, 0) is 20.9 Å². The monoisotopic (exact) mass is 343 g/mol. The first-order valence-corrected chi connectivity index (χ1v) is 7.09. The van der Waals surface area contributed by atoms with Gasteiger partial charge in [0, 0.05) is 18.8 Å². The number of carbonyl (C=O) groups is 3. The van der Waals surface area contributed by atoms with Crippen molar-refractivity contribution >= 4 is 29.4 Å². The van der Waals surface area contributed by atoms with Crippen LogP contribution < -0.4 is 16.6 Å². The molecule has 1 aromatic rings. The van der Waals surface area contributed by atoms with Crippen molar-refractivity contribution in [2.75, 3.05) is 0 Å². The number of carbonyl (C=O) groups excluding carboxylic acids is 2. The minimum atomic E-state index is -1.42. The van der Waals surface area contributed by atoms with Crippen molar-refractivity contribution in [2.24, 2.45) is 11.1 Å². The normalized spacial score (nSPS) is 12.5. The number of amides is 2. The highest BCUT2D eigenvalue weighted by atomic mass is 35.5. The van der Waals surface area contributed by atoms with Crippen molar-refractivity contribution in [3.8, 4) is 0 Å². The van der Waals surface area contributed by atoms with Gasteiger partial charge in [-0.3, -0.25) is 14.4 Å². The van der Waals surface area contributed by atoms with E-state index in [4.69, 9.17) is 22.4 Å². The summed E-state index contributed by atoms with van der Waals surface area (Å²) in [6, 6.07) is 1.28. The Kier molecular flexibility index (Phi) is 5.91. The van der Waals surface area contributed by atoms with Gasteiger partial charge in [-0.2, -0.15) is 0 Å². The van der Waals surface area contributed by atoms with Gasteiger partial charge in [-0.05, 0) is 19.9 Å². The first-order chi connectivity index (χ1) is 10.5. The molecule has 0 aliphatic heterocycles. The lowest BCUT2D eigenvalue weighted by atomic mass is 9.91. The summed E-state index contributed by atoms with van der Waals surface area (Å²) < 4.78 is 1.26. The Morgan fingerprint density at radius 3 is 2.52 bits per heavy atom. The number of halogens is 1. The van der Waals surface area contributed by atoms with Crippen LogP contribution in [0.15, 0.2) is 23.1 Å². The Hall–Kier alpha value is -2.35. The van der Waals surface area contributed by atoms with Crippen molar-refractivity contribution in [1.29, 1.82) is 0 Å². The molecule has 1 unspecified atom stereocenters. The summed E-state index contributed by atoms with van der Waals surface area (Å²) in [7, 11) is 0. The van der Waals surface area contributed by atoms with E-state index in [1.807, 2.05) is 0 Å². The minimum Gasteiger partial charge on any atom is -0.480 e. The van der Waals surface area contributed by atoms with Gasteiger partial charge in [0.05, 0.1) is 16.9 Å². The molecule has 0 saturated heterocycles. The minimum absolute atomic E-state index is 0.0128. The van der Waals surface area contributed by atoms with Gasteiger partial charge in [-0.25, -0.2) is 4.79 Å². The highest BCUT2D eigenvalue weighted by Gasteiger charge is 2.32. The highest BCUT2D eigenvalue weighted by Crippen LogP contribution is 2.19. The zero-order chi connectivity index (χ0) is 17.8. The maximum Gasteiger partial charge on any atom is 0.326 e. The fourth-order valence-corrected chi connectivity index (χ4v) is 2.06. The highest BCUT2D eigenvalue weighted by molar-refractivity contribution is 6.30. The average molecular weight is 344 g/mol. The lowest BCUT2D eigenvalue weighted by Crippen LogP contribution is -2.49. The van der Waals surface area contributed by atoms with Crippen LogP contribution in [-0.4, -0.2) is 33.5 Å². The van der Waals surface area contributed by atoms with Crippen molar-refractivity contribution in [1.82, 2.24) is 9.88 Å². The van der Waals surface area contributed by atoms with Crippen LogP contribution in [0.5, 0.6) is 0 Å². The lowest BCUT2D eigenvalue weighted by Gasteiger charge is -2.26. The zero-order valence-corrected chi connectivity index (χ0v) is 13.5. The molecule has 1 atom stereocenters. The number of primary amides is 1. The fraction of sp³-hybridized carbons (Fsp3) is 0.429. The van der Waals surface area contributed by atoms with Crippen molar-refractivity contribution in [2.45, 2.75) is 32.9 Å². The maximum atomic E-state index is 12.3. The molecule has 0 fully saturated rings. The third-order valence-corrected chi connectivity index (χ3v) is 3.36. The SMILES string of the molecule is CC(C)(Cn1cc(Cl)ccc1=O)C(=O)NC(CC(N)=O)C(=O)O. The summed E-state index contributed by atoms with van der Waals surface area (Å²) in [5.41, 5.74) is 3.51. The van der Waals surface area contributed by atoms with E-state index in [0.717, 1.165) is 0 Å². The van der Waals surface area contributed by atoms with Gasteiger partial charge in [0.25, 0.3) is 5.56 Å². The van der Waals surface area contributed by atoms with E-state index in [1.54, 1.807) is 13.8 Å². The number of carboxylic acid groups (broad SMARTS) is 1. The summed E-state index contributed by atoms with van der Waals surface area (Å²) in [5.74, 6) is -2.84. The van der Waals surface area contributed by atoms with Crippen LogP contribution in [0.4, 0.5) is 0 Å². The van der Waals surface area contributed by atoms with Crippen LogP contribution in [0.1, 0.15) is 20.3 Å². The second kappa shape index (κ2) is 7.28. The number of hydrogen-bond acceptors (Lipinski definition) is 4. The number of nitrogens with two attached hydrogens (primary N) is 1. The largest absolute Gasteiger partial charge is 0.480 e. The molecule has 0 aromatic carbocycles. The van der Waals surface area contributed by atoms with E-state index < -0.39 is 35.7 Å². The van der Waals surface area contributed by atoms with E-state index in [1.165, 1.54) is 22.9 Å². The number of aliphatic carboxylic acids is 1. The number of carboxylic acids is 1. The molecule has 1 aromatic heterocycles. The molecule has 2 amide bonds. The molecule has 9 heteroatoms. The Morgan fingerprint density at radius 2 is 2.00 bits per heavy atom. The summed E-state index contributed by atoms with van der Waals surface area (Å²) in [4.78, 5) is 46.0. The molecule has 4 N–H and O–H groups in total. The summed E-state index contributed by atoms with van der Waals surface area (Å²) >= 11 is 5.82. The van der Waals surface area contributed by atoms with Crippen LogP contribution in [0.3, 0.4) is 0 Å². The first-order valence-electron chi connectivity index (χ1n) is 6.71. The average Bonchev–Trinajstić information content (AvgIpc) is 2.41. The zero-order valence-electron chi connectivity index (χ0n) is 12.7. The standard InChI is InChI=1S/C14H18ClN3O5/c1-14(2,7-18-6-8(15)3-4-11(18)20)13(23)17-9(12(21)22)5-10(16)19/h3-4,6,9H,5,7H2,1-2H3,(H2,16,19)(H,17,23)(H,21,22). The Bertz CT molecular complexity index is 683. The number of pyridine rings is 1. The number of aromatic nitrogens is 1. The van der Waals surface area contributed by atoms with Crippen LogP contribution >= 0.6 is 11.6 Å². The molecule has 1 rings (SSSR count). The molecule has 0 spiro atoms. The third-order valence-electron chi connectivity index (χ3n) is 3.14. The molecule has 23 heavy (non-hydrogen) atoms. The number of nitrogens with one attached hydrogen (secondary N) is 1. The van der Waals surface area contributed by atoms with Gasteiger partial charge < -0.3 is 20.7 Å². The van der Waals surface area contributed by atoms with Gasteiger partial charge in [0.1, 0.15) is 6.04 Å². The fourth-order valence-electron chi connectivity index (χ4n) is 1.88. The first kappa shape index (κ1) is 18.7. The van der Waals surface area contributed by atoms with Crippen LogP contribution in [0.25, 0.3) is 0 Å². The van der Waals surface area contributed by atoms with Gasteiger partial charge >= 0.3 is 5.97 Å². The number of hydrogen-bond donors (Lipinski definition) is 3. The summed E-state index contributed by atoms with van der Waals surface area (Å²) in [6.07, 6.45) is 0.866. The van der Waals surface area contributed by atoms with E-state index in [2.05, 4.69) is 5.32 Å². The molecular formula is C14H18ClN3O5. The molecule has 0 radical (unpaired) electrons. The van der Waals surface area contributed by atoms with Crippen molar-refractivity contribution in [3.63, 3.8) is 0 Å². The van der Waals surface area contributed by atoms with Gasteiger partial charge in [0.2, 0.25) is 11.8 Å². The molecular weight excluding hydrogens is 326 g/mol. The van der Waals surface area contributed by atoms with Crippen molar-refractivity contribution < 1.29 is 19.5 Å². The second-order valence-corrected chi connectivity index (χ2v) is 6.17. The van der Waals surface area contributed by atoms with Crippen molar-refractivity contribution in [3.05, 3.63) is 33.7 Å². The van der Waals surface area contributed by atoms with E-state index in [0.29, 0.717) is 5.02 Å². The molecule has 0 aliphatic rings. The molecule has 1 heterocycles. The topological polar surface area (TPSA) is 131 Å². The number of rotatable bonds is 7. The van der Waals surface area contributed by atoms with Gasteiger partial charge in [-0.15, -0.1) is 0 Å². The molecule has 0 bridgehead atoms.